The van der Waals surface area contributed by atoms with Gasteiger partial charge in [-0.2, -0.15) is 0 Å². The van der Waals surface area contributed by atoms with Crippen molar-refractivity contribution in [1.82, 2.24) is 15.2 Å². The Morgan fingerprint density at radius 2 is 1.83 bits per heavy atom. The molecule has 0 fully saturated rings. The minimum atomic E-state index is -0.0155. The largest absolute Gasteiger partial charge is 0.441 e. The zero-order valence-corrected chi connectivity index (χ0v) is 18.4. The summed E-state index contributed by atoms with van der Waals surface area (Å²) in [4.78, 5) is 18.8. The fourth-order valence-corrected chi connectivity index (χ4v) is 3.39. The van der Waals surface area contributed by atoms with Crippen LogP contribution in [0.1, 0.15) is 36.4 Å². The summed E-state index contributed by atoms with van der Waals surface area (Å²) >= 11 is 5.92. The maximum Gasteiger partial charge on any atom is 0.220 e. The number of aryl methyl sites for hydroxylation is 2. The van der Waals surface area contributed by atoms with E-state index in [0.29, 0.717) is 36.1 Å². The molecule has 1 unspecified atom stereocenters. The van der Waals surface area contributed by atoms with Crippen LogP contribution in [0.4, 0.5) is 0 Å². The quantitative estimate of drug-likeness (QED) is 0.529. The molecule has 0 saturated heterocycles. The molecule has 0 radical (unpaired) electrons. The summed E-state index contributed by atoms with van der Waals surface area (Å²) in [6.45, 7) is 2.70. The third-order valence-electron chi connectivity index (χ3n) is 5.14. The van der Waals surface area contributed by atoms with Gasteiger partial charge in [-0.1, -0.05) is 42.8 Å². The van der Waals surface area contributed by atoms with Gasteiger partial charge in [0.15, 0.2) is 11.7 Å². The standard InChI is InChI=1S/C24H28ClN3O2/c1-4-17-5-7-18(8-6-17)21(28(2)3)15-26-23(29)13-14-24-27-16-22(30-24)19-9-11-20(25)12-10-19/h5-12,16,21H,4,13-15H2,1-3H3,(H,26,29). The topological polar surface area (TPSA) is 58.4 Å². The molecule has 0 bridgehead atoms. The van der Waals surface area contributed by atoms with Crippen molar-refractivity contribution >= 4 is 17.5 Å². The summed E-state index contributed by atoms with van der Waals surface area (Å²) in [6.07, 6.45) is 3.48. The molecular formula is C24H28ClN3O2. The van der Waals surface area contributed by atoms with Gasteiger partial charge in [-0.15, -0.1) is 0 Å². The van der Waals surface area contributed by atoms with Crippen molar-refractivity contribution in [3.05, 3.63) is 76.8 Å². The number of aromatic nitrogens is 1. The molecule has 1 aromatic heterocycles. The highest BCUT2D eigenvalue weighted by molar-refractivity contribution is 6.30. The summed E-state index contributed by atoms with van der Waals surface area (Å²) < 4.78 is 5.77. The summed E-state index contributed by atoms with van der Waals surface area (Å²) in [5, 5.41) is 3.72. The lowest BCUT2D eigenvalue weighted by Crippen LogP contribution is -2.34. The molecule has 0 aliphatic heterocycles. The molecule has 30 heavy (non-hydrogen) atoms. The highest BCUT2D eigenvalue weighted by Gasteiger charge is 2.16. The van der Waals surface area contributed by atoms with Crippen molar-refractivity contribution in [1.29, 1.82) is 0 Å². The predicted molar refractivity (Wildman–Crippen MR) is 121 cm³/mol. The first kappa shape index (κ1) is 22.1. The van der Waals surface area contributed by atoms with E-state index in [1.54, 1.807) is 6.20 Å². The number of hydrogen-bond acceptors (Lipinski definition) is 4. The Bertz CT molecular complexity index is 949. The first-order valence-corrected chi connectivity index (χ1v) is 10.6. The summed E-state index contributed by atoms with van der Waals surface area (Å²) in [5.41, 5.74) is 3.41. The number of likely N-dealkylation sites (N-methyl/N-ethyl adjacent to an activating group) is 1. The molecular weight excluding hydrogens is 398 g/mol. The van der Waals surface area contributed by atoms with Gasteiger partial charge in [0.1, 0.15) is 0 Å². The number of rotatable bonds is 9. The summed E-state index contributed by atoms with van der Waals surface area (Å²) in [6, 6.07) is 16.1. The lowest BCUT2D eigenvalue weighted by molar-refractivity contribution is -0.121. The van der Waals surface area contributed by atoms with E-state index in [0.717, 1.165) is 12.0 Å². The van der Waals surface area contributed by atoms with E-state index in [1.165, 1.54) is 11.1 Å². The van der Waals surface area contributed by atoms with E-state index >= 15 is 0 Å². The van der Waals surface area contributed by atoms with E-state index in [2.05, 4.69) is 46.4 Å². The monoisotopic (exact) mass is 425 g/mol. The third-order valence-corrected chi connectivity index (χ3v) is 5.39. The van der Waals surface area contributed by atoms with Crippen LogP contribution in [0.15, 0.2) is 59.1 Å². The molecule has 5 nitrogen and oxygen atoms in total. The van der Waals surface area contributed by atoms with Crippen molar-refractivity contribution in [2.45, 2.75) is 32.2 Å². The maximum atomic E-state index is 12.4. The van der Waals surface area contributed by atoms with Crippen LogP contribution in [0, 0.1) is 0 Å². The SMILES string of the molecule is CCc1ccc(C(CNC(=O)CCc2ncc(-c3ccc(Cl)cc3)o2)N(C)C)cc1. The lowest BCUT2D eigenvalue weighted by atomic mass is 10.0. The van der Waals surface area contributed by atoms with E-state index < -0.39 is 0 Å². The number of benzene rings is 2. The van der Waals surface area contributed by atoms with E-state index in [-0.39, 0.29) is 11.9 Å². The maximum absolute atomic E-state index is 12.4. The number of oxazole rings is 1. The molecule has 0 saturated carbocycles. The second-order valence-corrected chi connectivity index (χ2v) is 7.94. The number of amides is 1. The Kier molecular flexibility index (Phi) is 7.66. The Labute approximate surface area is 183 Å². The average molecular weight is 426 g/mol. The fourth-order valence-electron chi connectivity index (χ4n) is 3.27. The van der Waals surface area contributed by atoms with Crippen molar-refractivity contribution < 1.29 is 9.21 Å². The van der Waals surface area contributed by atoms with E-state index in [4.69, 9.17) is 16.0 Å². The van der Waals surface area contributed by atoms with Gasteiger partial charge in [-0.3, -0.25) is 4.79 Å². The molecule has 1 N–H and O–H groups in total. The predicted octanol–water partition coefficient (Wildman–Crippen LogP) is 4.91. The molecule has 0 spiro atoms. The first-order chi connectivity index (χ1) is 14.5. The van der Waals surface area contributed by atoms with Gasteiger partial charge >= 0.3 is 0 Å². The van der Waals surface area contributed by atoms with Crippen LogP contribution >= 0.6 is 11.6 Å². The summed E-state index contributed by atoms with van der Waals surface area (Å²) in [7, 11) is 4.05. The van der Waals surface area contributed by atoms with Crippen LogP contribution in [0.5, 0.6) is 0 Å². The van der Waals surface area contributed by atoms with Gasteiger partial charge in [-0.25, -0.2) is 4.98 Å². The van der Waals surface area contributed by atoms with E-state index in [1.807, 2.05) is 38.4 Å². The minimum Gasteiger partial charge on any atom is -0.441 e. The molecule has 1 atom stereocenters. The Balaban J connectivity index is 1.51. The Morgan fingerprint density at radius 1 is 1.13 bits per heavy atom. The normalized spacial score (nSPS) is 12.2. The summed E-state index contributed by atoms with van der Waals surface area (Å²) in [5.74, 6) is 1.21. The van der Waals surface area contributed by atoms with Crippen molar-refractivity contribution in [2.24, 2.45) is 0 Å². The average Bonchev–Trinajstić information content (AvgIpc) is 3.22. The number of carbonyl (C=O) groups is 1. The molecule has 2 aromatic carbocycles. The third kappa shape index (κ3) is 5.94. The van der Waals surface area contributed by atoms with Crippen LogP contribution < -0.4 is 5.32 Å². The molecule has 1 heterocycles. The van der Waals surface area contributed by atoms with Gasteiger partial charge in [0.05, 0.1) is 12.2 Å². The number of carbonyl (C=O) groups excluding carboxylic acids is 1. The molecule has 158 valence electrons. The van der Waals surface area contributed by atoms with Gasteiger partial charge < -0.3 is 14.6 Å². The van der Waals surface area contributed by atoms with Crippen molar-refractivity contribution in [2.75, 3.05) is 20.6 Å². The zero-order valence-electron chi connectivity index (χ0n) is 17.7. The van der Waals surface area contributed by atoms with Crippen molar-refractivity contribution in [3.63, 3.8) is 0 Å². The molecule has 3 rings (SSSR count). The molecule has 3 aromatic rings. The smallest absolute Gasteiger partial charge is 0.220 e. The van der Waals surface area contributed by atoms with Gasteiger partial charge in [0, 0.05) is 30.0 Å². The Hall–Kier alpha value is -2.63. The molecule has 1 amide bonds. The fraction of sp³-hybridized carbons (Fsp3) is 0.333. The number of nitrogens with zero attached hydrogens (tertiary/aromatic N) is 2. The van der Waals surface area contributed by atoms with Crippen molar-refractivity contribution in [3.8, 4) is 11.3 Å². The highest BCUT2D eigenvalue weighted by atomic mass is 35.5. The minimum absolute atomic E-state index is 0.0155. The second-order valence-electron chi connectivity index (χ2n) is 7.50. The molecule has 6 heteroatoms. The van der Waals surface area contributed by atoms with Crippen LogP contribution in [-0.4, -0.2) is 36.4 Å². The number of nitrogens with one attached hydrogen (secondary N) is 1. The van der Waals surface area contributed by atoms with Crippen LogP contribution in [0.25, 0.3) is 11.3 Å². The molecule has 0 aliphatic rings. The second kappa shape index (κ2) is 10.4. The lowest BCUT2D eigenvalue weighted by Gasteiger charge is -2.25. The number of hydrogen-bond donors (Lipinski definition) is 1. The van der Waals surface area contributed by atoms with Crippen LogP contribution in [0.2, 0.25) is 5.02 Å². The highest BCUT2D eigenvalue weighted by Crippen LogP contribution is 2.23. The Morgan fingerprint density at radius 3 is 2.47 bits per heavy atom. The van der Waals surface area contributed by atoms with E-state index in [9.17, 15) is 4.79 Å². The van der Waals surface area contributed by atoms with Gasteiger partial charge in [0.2, 0.25) is 5.91 Å². The first-order valence-electron chi connectivity index (χ1n) is 10.2. The van der Waals surface area contributed by atoms with Gasteiger partial charge in [0.25, 0.3) is 0 Å². The van der Waals surface area contributed by atoms with Gasteiger partial charge in [-0.05, 0) is 55.9 Å². The van der Waals surface area contributed by atoms with Crippen LogP contribution in [0.3, 0.4) is 0 Å². The number of halogens is 1. The molecule has 0 aliphatic carbocycles. The zero-order chi connectivity index (χ0) is 21.5. The van der Waals surface area contributed by atoms with Crippen LogP contribution in [-0.2, 0) is 17.6 Å².